The van der Waals surface area contributed by atoms with Gasteiger partial charge in [0, 0.05) is 34.8 Å². The van der Waals surface area contributed by atoms with E-state index >= 15 is 0 Å². The zero-order valence-corrected chi connectivity index (χ0v) is 16.6. The monoisotopic (exact) mass is 389 g/mol. The summed E-state index contributed by atoms with van der Waals surface area (Å²) in [6, 6.07) is 20.9. The van der Waals surface area contributed by atoms with Crippen molar-refractivity contribution in [2.45, 2.75) is 18.8 Å². The average Bonchev–Trinajstić information content (AvgIpc) is 3.36. The molecule has 2 atom stereocenters. The van der Waals surface area contributed by atoms with E-state index in [0.717, 1.165) is 45.8 Å². The van der Waals surface area contributed by atoms with Gasteiger partial charge in [-0.3, -0.25) is 0 Å². The summed E-state index contributed by atoms with van der Waals surface area (Å²) in [5, 5.41) is 32.2. The smallest absolute Gasteiger partial charge is 0.191 e. The van der Waals surface area contributed by atoms with E-state index in [9.17, 15) is 15.8 Å². The Hall–Kier alpha value is -4.01. The molecule has 2 N–H and O–H groups in total. The third kappa shape index (κ3) is 2.08. The maximum Gasteiger partial charge on any atom is 0.191 e. The molecule has 30 heavy (non-hydrogen) atoms. The summed E-state index contributed by atoms with van der Waals surface area (Å²) in [7, 11) is 2.04. The van der Waals surface area contributed by atoms with Crippen LogP contribution in [0.4, 0.5) is 0 Å². The molecule has 2 aliphatic carbocycles. The number of fused-ring (bicyclic) bond motifs is 4. The first-order valence-electron chi connectivity index (χ1n) is 9.97. The topological polar surface area (TPSA) is 102 Å². The molecule has 0 amide bonds. The van der Waals surface area contributed by atoms with Crippen LogP contribution in [0.5, 0.6) is 0 Å². The van der Waals surface area contributed by atoms with Gasteiger partial charge in [-0.2, -0.15) is 15.8 Å². The molecule has 0 aliphatic heterocycles. The van der Waals surface area contributed by atoms with Crippen LogP contribution in [0.1, 0.15) is 24.3 Å². The summed E-state index contributed by atoms with van der Waals surface area (Å²) >= 11 is 0. The Labute approximate surface area is 174 Å². The van der Waals surface area contributed by atoms with Gasteiger partial charge in [-0.15, -0.1) is 0 Å². The summed E-state index contributed by atoms with van der Waals surface area (Å²) in [5.74, 6) is -0.486. The Bertz CT molecular complexity index is 1400. The Morgan fingerprint density at radius 1 is 1.03 bits per heavy atom. The molecule has 3 aromatic rings. The van der Waals surface area contributed by atoms with E-state index in [4.69, 9.17) is 5.73 Å². The van der Waals surface area contributed by atoms with Gasteiger partial charge in [0.05, 0.1) is 23.4 Å². The minimum Gasteiger partial charge on any atom is -0.399 e. The van der Waals surface area contributed by atoms with Crippen molar-refractivity contribution in [2.75, 3.05) is 0 Å². The maximum absolute atomic E-state index is 10.1. The molecule has 5 nitrogen and oxygen atoms in total. The van der Waals surface area contributed by atoms with Gasteiger partial charge in [0.25, 0.3) is 0 Å². The predicted molar refractivity (Wildman–Crippen MR) is 114 cm³/mol. The highest BCUT2D eigenvalue weighted by Gasteiger charge is 2.54. The number of nitriles is 3. The van der Waals surface area contributed by atoms with E-state index in [1.54, 1.807) is 0 Å². The number of nitrogens with zero attached hydrogens (tertiary/aromatic N) is 4. The van der Waals surface area contributed by atoms with Crippen LogP contribution in [0.15, 0.2) is 65.4 Å². The SMILES string of the molecule is Cn1c2ccccc2c2cc([C@@H]3[C@H]4CCC=C4C(C#N)=C(N)C3(C#N)C#N)ccc21. The van der Waals surface area contributed by atoms with Crippen LogP contribution in [-0.2, 0) is 7.05 Å². The third-order valence-corrected chi connectivity index (χ3v) is 6.85. The van der Waals surface area contributed by atoms with Gasteiger partial charge in [-0.25, -0.2) is 0 Å². The molecule has 0 saturated carbocycles. The maximum atomic E-state index is 10.1. The zero-order chi connectivity index (χ0) is 21.0. The molecule has 5 rings (SSSR count). The van der Waals surface area contributed by atoms with Crippen molar-refractivity contribution >= 4 is 21.8 Å². The van der Waals surface area contributed by atoms with Crippen LogP contribution < -0.4 is 5.73 Å². The van der Waals surface area contributed by atoms with Crippen molar-refractivity contribution in [1.29, 1.82) is 15.8 Å². The molecular formula is C25H19N5. The third-order valence-electron chi connectivity index (χ3n) is 6.85. The molecule has 1 aromatic heterocycles. The number of nitrogens with two attached hydrogens (primary N) is 1. The standard InChI is InChI=1S/C25H19N5/c1-30-21-8-3-2-5-17(21)19-11-15(9-10-22(19)30)23-18-7-4-6-16(18)20(12-26)24(29)25(23,13-27)14-28/h2-3,5-6,8-11,18,23H,4,7,29H2,1H3/t18-,23+/m0/s1. The number of benzene rings is 2. The van der Waals surface area contributed by atoms with Crippen LogP contribution in [0.3, 0.4) is 0 Å². The largest absolute Gasteiger partial charge is 0.399 e. The fraction of sp³-hybridized carbons (Fsp3) is 0.240. The van der Waals surface area contributed by atoms with E-state index in [0.29, 0.717) is 5.57 Å². The summed E-state index contributed by atoms with van der Waals surface area (Å²) in [6.07, 6.45) is 3.66. The highest BCUT2D eigenvalue weighted by Crippen LogP contribution is 2.56. The fourth-order valence-corrected chi connectivity index (χ4v) is 5.45. The Balaban J connectivity index is 1.82. The first kappa shape index (κ1) is 18.0. The number of allylic oxidation sites excluding steroid dienone is 4. The first-order valence-corrected chi connectivity index (χ1v) is 9.97. The highest BCUT2D eigenvalue weighted by molar-refractivity contribution is 6.08. The quantitative estimate of drug-likeness (QED) is 0.660. The van der Waals surface area contributed by atoms with Crippen LogP contribution in [0.25, 0.3) is 21.8 Å². The van der Waals surface area contributed by atoms with E-state index in [-0.39, 0.29) is 11.6 Å². The lowest BCUT2D eigenvalue weighted by Gasteiger charge is -2.40. The number of aromatic nitrogens is 1. The Morgan fingerprint density at radius 2 is 1.77 bits per heavy atom. The summed E-state index contributed by atoms with van der Waals surface area (Å²) < 4.78 is 2.15. The summed E-state index contributed by atoms with van der Waals surface area (Å²) in [6.45, 7) is 0. The molecule has 0 unspecified atom stereocenters. The predicted octanol–water partition coefficient (Wildman–Crippen LogP) is 4.54. The lowest BCUT2D eigenvalue weighted by atomic mass is 9.59. The van der Waals surface area contributed by atoms with E-state index < -0.39 is 11.3 Å². The van der Waals surface area contributed by atoms with E-state index in [1.165, 1.54) is 0 Å². The van der Waals surface area contributed by atoms with Gasteiger partial charge in [-0.1, -0.05) is 30.3 Å². The lowest BCUT2D eigenvalue weighted by Crippen LogP contribution is -2.41. The second kappa shape index (κ2) is 6.24. The molecule has 0 saturated heterocycles. The van der Waals surface area contributed by atoms with Crippen LogP contribution >= 0.6 is 0 Å². The van der Waals surface area contributed by atoms with Crippen molar-refractivity contribution in [3.63, 3.8) is 0 Å². The number of aryl methyl sites for hydroxylation is 1. The second-order valence-corrected chi connectivity index (χ2v) is 8.11. The van der Waals surface area contributed by atoms with Gasteiger partial charge in [0.15, 0.2) is 5.41 Å². The van der Waals surface area contributed by atoms with Gasteiger partial charge < -0.3 is 10.3 Å². The van der Waals surface area contributed by atoms with Crippen molar-refractivity contribution in [2.24, 2.45) is 24.1 Å². The van der Waals surface area contributed by atoms with E-state index in [2.05, 4.69) is 47.0 Å². The summed E-state index contributed by atoms with van der Waals surface area (Å²) in [5.41, 5.74) is 9.21. The second-order valence-electron chi connectivity index (χ2n) is 8.11. The number of hydrogen-bond acceptors (Lipinski definition) is 4. The Kier molecular flexibility index (Phi) is 3.76. The molecule has 0 fully saturated rings. The van der Waals surface area contributed by atoms with Crippen molar-refractivity contribution in [3.8, 4) is 18.2 Å². The molecular weight excluding hydrogens is 370 g/mol. The fourth-order valence-electron chi connectivity index (χ4n) is 5.45. The summed E-state index contributed by atoms with van der Waals surface area (Å²) in [4.78, 5) is 0. The Morgan fingerprint density at radius 3 is 2.50 bits per heavy atom. The minimum atomic E-state index is -1.56. The molecule has 5 heteroatoms. The minimum absolute atomic E-state index is 0.0707. The van der Waals surface area contributed by atoms with Crippen molar-refractivity contribution in [3.05, 3.63) is 70.9 Å². The van der Waals surface area contributed by atoms with Crippen molar-refractivity contribution in [1.82, 2.24) is 4.57 Å². The van der Waals surface area contributed by atoms with Gasteiger partial charge in [0.2, 0.25) is 0 Å². The molecule has 0 radical (unpaired) electrons. The normalized spacial score (nSPS) is 22.3. The van der Waals surface area contributed by atoms with Crippen LogP contribution in [-0.4, -0.2) is 4.57 Å². The van der Waals surface area contributed by atoms with Gasteiger partial charge in [0.1, 0.15) is 6.07 Å². The number of rotatable bonds is 1. The van der Waals surface area contributed by atoms with E-state index in [1.807, 2.05) is 31.3 Å². The number of para-hydroxylation sites is 1. The molecule has 2 aromatic carbocycles. The average molecular weight is 389 g/mol. The van der Waals surface area contributed by atoms with Crippen LogP contribution in [0, 0.1) is 45.3 Å². The van der Waals surface area contributed by atoms with Gasteiger partial charge >= 0.3 is 0 Å². The first-order chi connectivity index (χ1) is 14.6. The number of hydrogen-bond donors (Lipinski definition) is 1. The molecule has 0 spiro atoms. The van der Waals surface area contributed by atoms with Crippen LogP contribution in [0.2, 0.25) is 0 Å². The molecule has 0 bridgehead atoms. The van der Waals surface area contributed by atoms with Crippen molar-refractivity contribution < 1.29 is 0 Å². The van der Waals surface area contributed by atoms with Gasteiger partial charge in [-0.05, 0) is 48.1 Å². The lowest BCUT2D eigenvalue weighted by molar-refractivity contribution is 0.345. The molecule has 144 valence electrons. The molecule has 2 aliphatic rings. The zero-order valence-electron chi connectivity index (χ0n) is 16.6. The highest BCUT2D eigenvalue weighted by atomic mass is 14.9. The molecule has 1 heterocycles.